The first-order chi connectivity index (χ1) is 14.4. The second-order valence-corrected chi connectivity index (χ2v) is 7.85. The van der Waals surface area contributed by atoms with Crippen molar-refractivity contribution in [2.75, 3.05) is 0 Å². The SMILES string of the molecule is CCC1(O)C(=O)OCc2c1cc1n(c2=O)Cc2c-1nc1ccc(CC#N)cc1c2C. The molecule has 5 rings (SSSR count). The Hall–Kier alpha value is -3.50. The highest BCUT2D eigenvalue weighted by Crippen LogP contribution is 2.40. The zero-order valence-electron chi connectivity index (χ0n) is 16.7. The molecule has 4 heterocycles. The fourth-order valence-electron chi connectivity index (χ4n) is 4.53. The Morgan fingerprint density at radius 1 is 1.30 bits per heavy atom. The van der Waals surface area contributed by atoms with Crippen molar-refractivity contribution in [3.8, 4) is 17.5 Å². The largest absolute Gasteiger partial charge is 0.458 e. The zero-order chi connectivity index (χ0) is 21.2. The lowest BCUT2D eigenvalue weighted by Gasteiger charge is -2.31. The highest BCUT2D eigenvalue weighted by Gasteiger charge is 2.45. The minimum atomic E-state index is -1.83. The number of aryl methyl sites for hydroxylation is 1. The van der Waals surface area contributed by atoms with Crippen LogP contribution >= 0.6 is 0 Å². The van der Waals surface area contributed by atoms with Gasteiger partial charge in [0.1, 0.15) is 6.61 Å². The van der Waals surface area contributed by atoms with Crippen molar-refractivity contribution < 1.29 is 14.6 Å². The van der Waals surface area contributed by atoms with E-state index in [-0.39, 0.29) is 18.6 Å². The van der Waals surface area contributed by atoms with E-state index in [1.165, 1.54) is 0 Å². The average molecular weight is 401 g/mol. The predicted molar refractivity (Wildman–Crippen MR) is 109 cm³/mol. The van der Waals surface area contributed by atoms with Crippen LogP contribution in [-0.2, 0) is 34.7 Å². The molecule has 0 saturated heterocycles. The molecule has 2 aromatic heterocycles. The number of esters is 1. The fraction of sp³-hybridized carbons (Fsp3) is 0.304. The van der Waals surface area contributed by atoms with Crippen LogP contribution in [-0.4, -0.2) is 20.6 Å². The number of nitrogens with zero attached hydrogens (tertiary/aromatic N) is 3. The molecule has 150 valence electrons. The standard InChI is InChI=1S/C23H19N3O4/c1-3-23(29)17-9-19-20-15(10-26(19)21(27)16(17)11-30-22(23)28)12(2)14-8-13(6-7-24)4-5-18(14)25-20/h4-5,8-9,29H,3,6,10-11H2,1-2H3. The first-order valence-electron chi connectivity index (χ1n) is 9.85. The number of carbonyl (C=O) groups is 1. The number of aliphatic hydroxyl groups is 1. The van der Waals surface area contributed by atoms with Crippen LogP contribution in [0, 0.1) is 18.3 Å². The van der Waals surface area contributed by atoms with E-state index in [4.69, 9.17) is 15.0 Å². The Kier molecular flexibility index (Phi) is 3.86. The van der Waals surface area contributed by atoms with Crippen LogP contribution in [0.3, 0.4) is 0 Å². The molecule has 1 atom stereocenters. The molecule has 7 nitrogen and oxygen atoms in total. The van der Waals surface area contributed by atoms with Gasteiger partial charge < -0.3 is 14.4 Å². The molecule has 0 radical (unpaired) electrons. The van der Waals surface area contributed by atoms with Crippen molar-refractivity contribution in [1.29, 1.82) is 5.26 Å². The molecule has 0 fully saturated rings. The van der Waals surface area contributed by atoms with E-state index >= 15 is 0 Å². The van der Waals surface area contributed by atoms with Gasteiger partial charge in [-0.15, -0.1) is 0 Å². The molecule has 0 aliphatic carbocycles. The predicted octanol–water partition coefficient (Wildman–Crippen LogP) is 2.45. The lowest BCUT2D eigenvalue weighted by Crippen LogP contribution is -2.44. The van der Waals surface area contributed by atoms with Crippen LogP contribution in [0.15, 0.2) is 29.1 Å². The summed E-state index contributed by atoms with van der Waals surface area (Å²) in [5, 5.41) is 20.9. The van der Waals surface area contributed by atoms with E-state index in [9.17, 15) is 14.7 Å². The molecule has 0 bridgehead atoms. The molecule has 0 saturated carbocycles. The molecule has 30 heavy (non-hydrogen) atoms. The van der Waals surface area contributed by atoms with Gasteiger partial charge >= 0.3 is 5.97 Å². The Morgan fingerprint density at radius 2 is 2.10 bits per heavy atom. The summed E-state index contributed by atoms with van der Waals surface area (Å²) in [5.74, 6) is -0.729. The van der Waals surface area contributed by atoms with Gasteiger partial charge in [0, 0.05) is 16.5 Å². The molecule has 1 N–H and O–H groups in total. The monoisotopic (exact) mass is 401 g/mol. The van der Waals surface area contributed by atoms with Crippen molar-refractivity contribution >= 4 is 16.9 Å². The van der Waals surface area contributed by atoms with Crippen molar-refractivity contribution in [3.05, 3.63) is 62.4 Å². The molecule has 2 aliphatic rings. The number of hydrogen-bond donors (Lipinski definition) is 1. The fourth-order valence-corrected chi connectivity index (χ4v) is 4.53. The van der Waals surface area contributed by atoms with Gasteiger partial charge in [0.05, 0.1) is 41.5 Å². The van der Waals surface area contributed by atoms with E-state index in [2.05, 4.69) is 6.07 Å². The van der Waals surface area contributed by atoms with E-state index in [0.29, 0.717) is 35.5 Å². The maximum absolute atomic E-state index is 13.2. The van der Waals surface area contributed by atoms with E-state index in [1.54, 1.807) is 17.6 Å². The van der Waals surface area contributed by atoms with Crippen molar-refractivity contribution in [1.82, 2.24) is 9.55 Å². The lowest BCUT2D eigenvalue weighted by molar-refractivity contribution is -0.172. The summed E-state index contributed by atoms with van der Waals surface area (Å²) in [6.07, 6.45) is 0.433. The number of rotatable bonds is 2. The van der Waals surface area contributed by atoms with E-state index in [0.717, 1.165) is 27.6 Å². The van der Waals surface area contributed by atoms with Crippen LogP contribution in [0.5, 0.6) is 0 Å². The van der Waals surface area contributed by atoms with Gasteiger partial charge in [0.2, 0.25) is 0 Å². The Morgan fingerprint density at radius 3 is 2.83 bits per heavy atom. The van der Waals surface area contributed by atoms with Gasteiger partial charge in [0.25, 0.3) is 5.56 Å². The number of cyclic esters (lactones) is 1. The summed E-state index contributed by atoms with van der Waals surface area (Å²) in [7, 11) is 0. The molecule has 3 aromatic rings. The number of nitriles is 1. The molecule has 0 spiro atoms. The normalized spacial score (nSPS) is 19.1. The maximum atomic E-state index is 13.2. The number of aromatic nitrogens is 2. The number of carbonyl (C=O) groups excluding carboxylic acids is 1. The summed E-state index contributed by atoms with van der Waals surface area (Å²) in [5.41, 5.74) is 3.45. The molecule has 7 heteroatoms. The van der Waals surface area contributed by atoms with Crippen LogP contribution in [0.2, 0.25) is 0 Å². The zero-order valence-corrected chi connectivity index (χ0v) is 16.7. The van der Waals surface area contributed by atoms with E-state index in [1.807, 2.05) is 25.1 Å². The second kappa shape index (κ2) is 6.25. The quantitative estimate of drug-likeness (QED) is 0.517. The number of pyridine rings is 2. The maximum Gasteiger partial charge on any atom is 0.343 e. The smallest absolute Gasteiger partial charge is 0.343 e. The van der Waals surface area contributed by atoms with Gasteiger partial charge in [-0.25, -0.2) is 9.78 Å². The average Bonchev–Trinajstić information content (AvgIpc) is 3.11. The van der Waals surface area contributed by atoms with Gasteiger partial charge in [-0.1, -0.05) is 13.0 Å². The van der Waals surface area contributed by atoms with Crippen molar-refractivity contribution in [2.24, 2.45) is 0 Å². The molecular formula is C23H19N3O4. The van der Waals surface area contributed by atoms with Gasteiger partial charge in [-0.2, -0.15) is 5.26 Å². The first-order valence-corrected chi connectivity index (χ1v) is 9.85. The lowest BCUT2D eigenvalue weighted by atomic mass is 9.86. The third-order valence-electron chi connectivity index (χ3n) is 6.32. The van der Waals surface area contributed by atoms with Crippen LogP contribution in [0.25, 0.3) is 22.3 Å². The number of ether oxygens (including phenoxy) is 1. The van der Waals surface area contributed by atoms with Crippen LogP contribution in [0.1, 0.15) is 41.2 Å². The number of fused-ring (bicyclic) bond motifs is 5. The van der Waals surface area contributed by atoms with Crippen LogP contribution in [0.4, 0.5) is 0 Å². The molecule has 1 unspecified atom stereocenters. The minimum Gasteiger partial charge on any atom is -0.458 e. The van der Waals surface area contributed by atoms with Crippen LogP contribution < -0.4 is 5.56 Å². The van der Waals surface area contributed by atoms with Gasteiger partial charge in [-0.05, 0) is 42.7 Å². The topological polar surface area (TPSA) is 105 Å². The van der Waals surface area contributed by atoms with Gasteiger partial charge in [-0.3, -0.25) is 4.79 Å². The first kappa shape index (κ1) is 18.5. The summed E-state index contributed by atoms with van der Waals surface area (Å²) in [4.78, 5) is 30.3. The summed E-state index contributed by atoms with van der Waals surface area (Å²) < 4.78 is 6.74. The molecular weight excluding hydrogens is 382 g/mol. The number of benzene rings is 1. The third kappa shape index (κ3) is 2.31. The molecule has 0 amide bonds. The molecule has 2 aliphatic heterocycles. The molecule has 1 aromatic carbocycles. The summed E-state index contributed by atoms with van der Waals surface area (Å²) >= 11 is 0. The highest BCUT2D eigenvalue weighted by atomic mass is 16.6. The summed E-state index contributed by atoms with van der Waals surface area (Å²) in [6, 6.07) is 9.61. The van der Waals surface area contributed by atoms with Crippen molar-refractivity contribution in [2.45, 2.75) is 45.4 Å². The van der Waals surface area contributed by atoms with E-state index < -0.39 is 11.6 Å². The Balaban J connectivity index is 1.77. The number of hydrogen-bond acceptors (Lipinski definition) is 6. The Labute approximate surface area is 172 Å². The highest BCUT2D eigenvalue weighted by molar-refractivity contribution is 5.89. The minimum absolute atomic E-state index is 0.112. The third-order valence-corrected chi connectivity index (χ3v) is 6.32. The second-order valence-electron chi connectivity index (χ2n) is 7.85. The summed E-state index contributed by atoms with van der Waals surface area (Å²) in [6.45, 7) is 3.90. The van der Waals surface area contributed by atoms with Crippen molar-refractivity contribution in [3.63, 3.8) is 0 Å². The Bertz CT molecular complexity index is 1370. The van der Waals surface area contributed by atoms with Gasteiger partial charge in [0.15, 0.2) is 5.60 Å².